The second kappa shape index (κ2) is 4.44. The molecule has 18 heavy (non-hydrogen) atoms. The van der Waals surface area contributed by atoms with E-state index in [1.165, 1.54) is 16.0 Å². The van der Waals surface area contributed by atoms with Crippen LogP contribution in [0.25, 0.3) is 0 Å². The molecule has 0 radical (unpaired) electrons. The smallest absolute Gasteiger partial charge is 0.407 e. The van der Waals surface area contributed by atoms with Crippen LogP contribution in [-0.4, -0.2) is 22.6 Å². The van der Waals surface area contributed by atoms with Crippen LogP contribution in [0.3, 0.4) is 0 Å². The molecule has 1 fully saturated rings. The van der Waals surface area contributed by atoms with Gasteiger partial charge in [-0.05, 0) is 41.7 Å². The number of carboxylic acid groups (broad SMARTS) is 1. The summed E-state index contributed by atoms with van der Waals surface area (Å²) in [5, 5.41) is 13.2. The summed E-state index contributed by atoms with van der Waals surface area (Å²) < 4.78 is 0. The number of rotatable bonds is 1. The average molecular weight is 267 g/mol. The number of hydrogen-bond acceptors (Lipinski definition) is 2. The zero-order chi connectivity index (χ0) is 12.7. The molecule has 1 unspecified atom stereocenters. The fourth-order valence-electron chi connectivity index (χ4n) is 3.03. The molecule has 0 aliphatic carbocycles. The van der Waals surface area contributed by atoms with Crippen LogP contribution in [-0.2, 0) is 13.1 Å². The summed E-state index contributed by atoms with van der Waals surface area (Å²) in [6, 6.07) is 3.87. The van der Waals surface area contributed by atoms with Crippen molar-refractivity contribution in [1.29, 1.82) is 0 Å². The fourth-order valence-corrected chi connectivity index (χ4v) is 3.28. The second-order valence-corrected chi connectivity index (χ2v) is 5.31. The normalized spacial score (nSPS) is 22.3. The highest BCUT2D eigenvalue weighted by Gasteiger charge is 2.32. The Balaban J connectivity index is 2.04. The van der Waals surface area contributed by atoms with Gasteiger partial charge in [-0.1, -0.05) is 11.6 Å². The Morgan fingerprint density at radius 1 is 1.44 bits per heavy atom. The molecule has 5 heteroatoms. The van der Waals surface area contributed by atoms with Crippen LogP contribution < -0.4 is 5.32 Å². The third-order valence-corrected chi connectivity index (χ3v) is 4.03. The van der Waals surface area contributed by atoms with Gasteiger partial charge in [0.25, 0.3) is 0 Å². The van der Waals surface area contributed by atoms with Crippen molar-refractivity contribution < 1.29 is 9.90 Å². The van der Waals surface area contributed by atoms with Gasteiger partial charge in [0.15, 0.2) is 0 Å². The highest BCUT2D eigenvalue weighted by Crippen LogP contribution is 2.37. The van der Waals surface area contributed by atoms with Crippen LogP contribution in [0.5, 0.6) is 0 Å². The van der Waals surface area contributed by atoms with Crippen molar-refractivity contribution in [3.63, 3.8) is 0 Å². The van der Waals surface area contributed by atoms with Crippen molar-refractivity contribution in [1.82, 2.24) is 10.2 Å². The predicted molar refractivity (Wildman–Crippen MR) is 68.7 cm³/mol. The van der Waals surface area contributed by atoms with E-state index in [9.17, 15) is 9.90 Å². The van der Waals surface area contributed by atoms with Gasteiger partial charge >= 0.3 is 6.09 Å². The standard InChI is InChI=1S/C13H15ClN2O2/c14-9-4-8-6-15-7-11(8)10(5-9)12-2-1-3-16(12)13(17)18/h4-5,12,15H,1-3,6-7H2,(H,17,18). The summed E-state index contributed by atoms with van der Waals surface area (Å²) in [5.41, 5.74) is 3.52. The van der Waals surface area contributed by atoms with Gasteiger partial charge in [0, 0.05) is 24.7 Å². The first kappa shape index (κ1) is 11.8. The molecule has 0 spiro atoms. The fraction of sp³-hybridized carbons (Fsp3) is 0.462. The van der Waals surface area contributed by atoms with E-state index in [0.717, 1.165) is 31.5 Å². The number of benzene rings is 1. The third kappa shape index (κ3) is 1.85. The molecule has 0 bridgehead atoms. The minimum atomic E-state index is -0.836. The van der Waals surface area contributed by atoms with E-state index < -0.39 is 6.09 Å². The Morgan fingerprint density at radius 2 is 2.28 bits per heavy atom. The van der Waals surface area contributed by atoms with Gasteiger partial charge in [0.1, 0.15) is 0 Å². The van der Waals surface area contributed by atoms with E-state index >= 15 is 0 Å². The molecule has 96 valence electrons. The minimum Gasteiger partial charge on any atom is -0.465 e. The number of nitrogens with zero attached hydrogens (tertiary/aromatic N) is 1. The van der Waals surface area contributed by atoms with Gasteiger partial charge in [0.2, 0.25) is 0 Å². The topological polar surface area (TPSA) is 52.6 Å². The molecule has 1 amide bonds. The van der Waals surface area contributed by atoms with E-state index in [4.69, 9.17) is 11.6 Å². The SMILES string of the molecule is O=C(O)N1CCCC1c1cc(Cl)cc2c1CNC2. The Bertz CT molecular complexity index is 504. The van der Waals surface area contributed by atoms with E-state index in [1.807, 2.05) is 12.1 Å². The molecule has 1 atom stereocenters. The van der Waals surface area contributed by atoms with Crippen LogP contribution in [0, 0.1) is 0 Å². The van der Waals surface area contributed by atoms with E-state index in [0.29, 0.717) is 11.6 Å². The van der Waals surface area contributed by atoms with Crippen LogP contribution >= 0.6 is 11.6 Å². The maximum Gasteiger partial charge on any atom is 0.407 e. The number of halogens is 1. The summed E-state index contributed by atoms with van der Waals surface area (Å²) >= 11 is 6.14. The number of hydrogen-bond donors (Lipinski definition) is 2. The Morgan fingerprint density at radius 3 is 3.06 bits per heavy atom. The first-order valence-corrected chi connectivity index (χ1v) is 6.56. The Labute approximate surface area is 111 Å². The molecule has 2 aliphatic heterocycles. The largest absolute Gasteiger partial charge is 0.465 e. The quantitative estimate of drug-likeness (QED) is 0.822. The van der Waals surface area contributed by atoms with E-state index in [2.05, 4.69) is 5.32 Å². The Kier molecular flexibility index (Phi) is 2.92. The average Bonchev–Trinajstić information content (AvgIpc) is 2.95. The zero-order valence-corrected chi connectivity index (χ0v) is 10.7. The molecule has 1 aromatic carbocycles. The summed E-state index contributed by atoms with van der Waals surface area (Å²) in [5.74, 6) is 0. The first-order chi connectivity index (χ1) is 8.66. The number of likely N-dealkylation sites (tertiary alicyclic amines) is 1. The monoisotopic (exact) mass is 266 g/mol. The molecule has 2 heterocycles. The molecular weight excluding hydrogens is 252 g/mol. The van der Waals surface area contributed by atoms with Crippen molar-refractivity contribution in [2.24, 2.45) is 0 Å². The van der Waals surface area contributed by atoms with Crippen LogP contribution in [0.1, 0.15) is 35.6 Å². The van der Waals surface area contributed by atoms with Gasteiger partial charge < -0.3 is 15.3 Å². The van der Waals surface area contributed by atoms with Crippen molar-refractivity contribution in [3.8, 4) is 0 Å². The van der Waals surface area contributed by atoms with E-state index in [1.54, 1.807) is 0 Å². The summed E-state index contributed by atoms with van der Waals surface area (Å²) in [7, 11) is 0. The van der Waals surface area contributed by atoms with Gasteiger partial charge in [-0.2, -0.15) is 0 Å². The van der Waals surface area contributed by atoms with Gasteiger partial charge in [0.05, 0.1) is 6.04 Å². The van der Waals surface area contributed by atoms with Crippen LogP contribution in [0.4, 0.5) is 4.79 Å². The van der Waals surface area contributed by atoms with Crippen molar-refractivity contribution in [2.75, 3.05) is 6.54 Å². The molecule has 2 aliphatic rings. The molecule has 2 N–H and O–H groups in total. The third-order valence-electron chi connectivity index (χ3n) is 3.82. The van der Waals surface area contributed by atoms with Gasteiger partial charge in [-0.3, -0.25) is 0 Å². The molecule has 4 nitrogen and oxygen atoms in total. The molecule has 0 aromatic heterocycles. The molecule has 1 saturated heterocycles. The van der Waals surface area contributed by atoms with Crippen molar-refractivity contribution >= 4 is 17.7 Å². The number of nitrogens with one attached hydrogen (secondary N) is 1. The lowest BCUT2D eigenvalue weighted by Crippen LogP contribution is -2.29. The van der Waals surface area contributed by atoms with Gasteiger partial charge in [-0.15, -0.1) is 0 Å². The lowest BCUT2D eigenvalue weighted by molar-refractivity contribution is 0.140. The molecule has 1 aromatic rings. The van der Waals surface area contributed by atoms with Crippen molar-refractivity contribution in [3.05, 3.63) is 33.8 Å². The molecule has 0 saturated carbocycles. The van der Waals surface area contributed by atoms with Gasteiger partial charge in [-0.25, -0.2) is 4.79 Å². The zero-order valence-electron chi connectivity index (χ0n) is 9.95. The maximum absolute atomic E-state index is 11.2. The Hall–Kier alpha value is -1.26. The predicted octanol–water partition coefficient (Wildman–Crippen LogP) is 2.76. The van der Waals surface area contributed by atoms with Crippen LogP contribution in [0.15, 0.2) is 12.1 Å². The highest BCUT2D eigenvalue weighted by molar-refractivity contribution is 6.30. The highest BCUT2D eigenvalue weighted by atomic mass is 35.5. The minimum absolute atomic E-state index is 0.0325. The van der Waals surface area contributed by atoms with Crippen molar-refractivity contribution in [2.45, 2.75) is 32.0 Å². The number of amides is 1. The summed E-state index contributed by atoms with van der Waals surface area (Å²) in [4.78, 5) is 12.8. The molecule has 3 rings (SSSR count). The number of carbonyl (C=O) groups is 1. The summed E-state index contributed by atoms with van der Waals surface area (Å²) in [6.45, 7) is 2.25. The number of fused-ring (bicyclic) bond motifs is 1. The maximum atomic E-state index is 11.2. The second-order valence-electron chi connectivity index (χ2n) is 4.87. The lowest BCUT2D eigenvalue weighted by Gasteiger charge is -2.24. The lowest BCUT2D eigenvalue weighted by atomic mass is 9.96. The summed E-state index contributed by atoms with van der Waals surface area (Å²) in [6.07, 6.45) is 0.974. The van der Waals surface area contributed by atoms with E-state index in [-0.39, 0.29) is 6.04 Å². The van der Waals surface area contributed by atoms with Crippen LogP contribution in [0.2, 0.25) is 5.02 Å². The first-order valence-electron chi connectivity index (χ1n) is 6.18. The molecular formula is C13H15ClN2O2.